The Hall–Kier alpha value is -1.38. The van der Waals surface area contributed by atoms with E-state index < -0.39 is 0 Å². The zero-order chi connectivity index (χ0) is 7.68. The van der Waals surface area contributed by atoms with Gasteiger partial charge in [-0.15, -0.1) is 0 Å². The number of likely N-dealkylation sites (N-methyl/N-ethyl adjacent to an activating group) is 1. The first-order valence-corrected chi connectivity index (χ1v) is 3.56. The van der Waals surface area contributed by atoms with Crippen LogP contribution in [0.15, 0.2) is 18.5 Å². The molecule has 0 N–H and O–H groups in total. The number of hydrogen-bond donors (Lipinski definition) is 0. The highest BCUT2D eigenvalue weighted by Gasteiger charge is 2.09. The highest BCUT2D eigenvalue weighted by atomic mass is 15.2. The van der Waals surface area contributed by atoms with E-state index in [0.717, 1.165) is 18.1 Å². The predicted octanol–water partition coefficient (Wildman–Crippen LogP) is 0.940. The van der Waals surface area contributed by atoms with Crippen LogP contribution in [0.5, 0.6) is 0 Å². The van der Waals surface area contributed by atoms with Gasteiger partial charge in [-0.3, -0.25) is 4.98 Å². The Bertz CT molecular complexity index is 293. The molecule has 0 saturated heterocycles. The van der Waals surface area contributed by atoms with Gasteiger partial charge in [-0.2, -0.15) is 0 Å². The zero-order valence-corrected chi connectivity index (χ0v) is 6.36. The molecule has 0 spiro atoms. The maximum absolute atomic E-state index is 4.21. The van der Waals surface area contributed by atoms with Gasteiger partial charge in [-0.1, -0.05) is 6.08 Å². The zero-order valence-electron chi connectivity index (χ0n) is 6.36. The Morgan fingerprint density at radius 2 is 2.18 bits per heavy atom. The van der Waals surface area contributed by atoms with Gasteiger partial charge >= 0.3 is 0 Å². The van der Waals surface area contributed by atoms with Crippen molar-refractivity contribution < 1.29 is 0 Å². The van der Waals surface area contributed by atoms with Crippen molar-refractivity contribution in [1.29, 1.82) is 0 Å². The fraction of sp³-hybridized carbons (Fsp3) is 0.250. The molecule has 0 saturated carbocycles. The first-order valence-electron chi connectivity index (χ1n) is 3.56. The molecule has 11 heavy (non-hydrogen) atoms. The molecule has 0 aromatic carbocycles. The average Bonchev–Trinajstić information content (AvgIpc) is 2.06. The van der Waals surface area contributed by atoms with E-state index in [1.807, 2.05) is 13.1 Å². The van der Waals surface area contributed by atoms with Crippen LogP contribution in [0.4, 0.5) is 5.82 Å². The third-order valence-electron chi connectivity index (χ3n) is 1.72. The number of rotatable bonds is 0. The van der Waals surface area contributed by atoms with Gasteiger partial charge < -0.3 is 4.90 Å². The summed E-state index contributed by atoms with van der Waals surface area (Å²) in [4.78, 5) is 10.5. The Morgan fingerprint density at radius 3 is 3.00 bits per heavy atom. The van der Waals surface area contributed by atoms with Crippen molar-refractivity contribution in [2.24, 2.45) is 0 Å². The summed E-state index contributed by atoms with van der Waals surface area (Å²) in [6.45, 7) is 0.922. The number of anilines is 1. The molecule has 0 atom stereocenters. The summed E-state index contributed by atoms with van der Waals surface area (Å²) >= 11 is 0. The summed E-state index contributed by atoms with van der Waals surface area (Å²) in [7, 11) is 2.01. The molecule has 0 aliphatic carbocycles. The molecule has 0 amide bonds. The number of fused-ring (bicyclic) bond motifs is 1. The monoisotopic (exact) mass is 147 g/mol. The second-order valence-electron chi connectivity index (χ2n) is 2.55. The molecule has 0 fully saturated rings. The minimum absolute atomic E-state index is 0.922. The van der Waals surface area contributed by atoms with Gasteiger partial charge in [-0.25, -0.2) is 4.98 Å². The third kappa shape index (κ3) is 0.981. The van der Waals surface area contributed by atoms with Crippen LogP contribution in [0, 0.1) is 0 Å². The molecule has 1 aromatic rings. The summed E-state index contributed by atoms with van der Waals surface area (Å²) < 4.78 is 0. The molecule has 0 radical (unpaired) electrons. The molecule has 0 unspecified atom stereocenters. The summed E-state index contributed by atoms with van der Waals surface area (Å²) in [5, 5.41) is 0. The van der Waals surface area contributed by atoms with Crippen LogP contribution in [0.1, 0.15) is 5.69 Å². The third-order valence-corrected chi connectivity index (χ3v) is 1.72. The van der Waals surface area contributed by atoms with Crippen molar-refractivity contribution >= 4 is 11.9 Å². The summed E-state index contributed by atoms with van der Waals surface area (Å²) in [6, 6.07) is 0. The largest absolute Gasteiger partial charge is 0.354 e. The van der Waals surface area contributed by atoms with Crippen LogP contribution in [-0.2, 0) is 0 Å². The van der Waals surface area contributed by atoms with Gasteiger partial charge in [0.1, 0.15) is 5.69 Å². The van der Waals surface area contributed by atoms with E-state index in [2.05, 4.69) is 20.9 Å². The maximum Gasteiger partial charge on any atom is 0.154 e. The van der Waals surface area contributed by atoms with Crippen LogP contribution < -0.4 is 4.90 Å². The van der Waals surface area contributed by atoms with Crippen LogP contribution in [0.2, 0.25) is 0 Å². The molecule has 1 aliphatic heterocycles. The highest BCUT2D eigenvalue weighted by molar-refractivity contribution is 5.63. The first kappa shape index (κ1) is 6.34. The van der Waals surface area contributed by atoms with Gasteiger partial charge in [0.15, 0.2) is 5.82 Å². The molecule has 1 aliphatic rings. The Kier molecular flexibility index (Phi) is 1.35. The van der Waals surface area contributed by atoms with Gasteiger partial charge in [0.25, 0.3) is 0 Å². The van der Waals surface area contributed by atoms with Crippen LogP contribution in [0.3, 0.4) is 0 Å². The van der Waals surface area contributed by atoms with Crippen LogP contribution in [0.25, 0.3) is 6.08 Å². The van der Waals surface area contributed by atoms with Crippen molar-refractivity contribution in [2.75, 3.05) is 18.5 Å². The van der Waals surface area contributed by atoms with Gasteiger partial charge in [0.2, 0.25) is 0 Å². The van der Waals surface area contributed by atoms with Crippen molar-refractivity contribution in [3.63, 3.8) is 0 Å². The Labute approximate surface area is 65.4 Å². The minimum atomic E-state index is 0.922. The molecular formula is C8H9N3. The lowest BCUT2D eigenvalue weighted by atomic mass is 10.2. The normalized spacial score (nSPS) is 14.8. The number of nitrogens with zero attached hydrogens (tertiary/aromatic N) is 3. The Morgan fingerprint density at radius 1 is 1.36 bits per heavy atom. The van der Waals surface area contributed by atoms with Gasteiger partial charge in [0.05, 0.1) is 0 Å². The van der Waals surface area contributed by atoms with E-state index >= 15 is 0 Å². The Balaban J connectivity index is 2.54. The summed E-state index contributed by atoms with van der Waals surface area (Å²) in [6.07, 6.45) is 7.51. The number of hydrogen-bond acceptors (Lipinski definition) is 3. The van der Waals surface area contributed by atoms with Crippen LogP contribution in [-0.4, -0.2) is 23.6 Å². The SMILES string of the molecule is CN1CC=Cc2nccnc21. The molecular weight excluding hydrogens is 138 g/mol. The quantitative estimate of drug-likeness (QED) is 0.547. The van der Waals surface area contributed by atoms with Gasteiger partial charge in [0, 0.05) is 26.0 Å². The van der Waals surface area contributed by atoms with Crippen molar-refractivity contribution in [3.8, 4) is 0 Å². The molecule has 2 heterocycles. The summed E-state index contributed by atoms with van der Waals surface area (Å²) in [5.41, 5.74) is 0.959. The molecule has 56 valence electrons. The lowest BCUT2D eigenvalue weighted by molar-refractivity contribution is 0.956. The highest BCUT2D eigenvalue weighted by Crippen LogP contribution is 2.17. The molecule has 3 nitrogen and oxygen atoms in total. The van der Waals surface area contributed by atoms with Gasteiger partial charge in [-0.05, 0) is 6.08 Å². The second kappa shape index (κ2) is 2.34. The number of aromatic nitrogens is 2. The molecule has 3 heteroatoms. The van der Waals surface area contributed by atoms with E-state index in [9.17, 15) is 0 Å². The lowest BCUT2D eigenvalue weighted by Crippen LogP contribution is -2.21. The predicted molar refractivity (Wildman–Crippen MR) is 44.3 cm³/mol. The van der Waals surface area contributed by atoms with Crippen LogP contribution >= 0.6 is 0 Å². The summed E-state index contributed by atoms with van der Waals surface area (Å²) in [5.74, 6) is 0.968. The molecule has 1 aromatic heterocycles. The van der Waals surface area contributed by atoms with E-state index in [0.29, 0.717) is 0 Å². The molecule has 2 rings (SSSR count). The van der Waals surface area contributed by atoms with Crippen molar-refractivity contribution in [2.45, 2.75) is 0 Å². The van der Waals surface area contributed by atoms with E-state index in [1.54, 1.807) is 12.4 Å². The average molecular weight is 147 g/mol. The molecule has 0 bridgehead atoms. The fourth-order valence-electron chi connectivity index (χ4n) is 1.16. The fourth-order valence-corrected chi connectivity index (χ4v) is 1.16. The lowest BCUT2D eigenvalue weighted by Gasteiger charge is -2.20. The minimum Gasteiger partial charge on any atom is -0.354 e. The second-order valence-corrected chi connectivity index (χ2v) is 2.55. The topological polar surface area (TPSA) is 29.0 Å². The standard InChI is InChI=1S/C8H9N3/c1-11-6-2-3-7-8(11)10-5-4-9-7/h2-5H,6H2,1H3. The van der Waals surface area contributed by atoms with E-state index in [1.165, 1.54) is 0 Å². The maximum atomic E-state index is 4.21. The van der Waals surface area contributed by atoms with Crippen molar-refractivity contribution in [3.05, 3.63) is 24.2 Å². The van der Waals surface area contributed by atoms with Crippen molar-refractivity contribution in [1.82, 2.24) is 9.97 Å². The van der Waals surface area contributed by atoms with E-state index in [4.69, 9.17) is 0 Å². The smallest absolute Gasteiger partial charge is 0.154 e. The van der Waals surface area contributed by atoms with E-state index in [-0.39, 0.29) is 0 Å². The first-order chi connectivity index (χ1) is 5.38.